The van der Waals surface area contributed by atoms with Crippen LogP contribution in [0.5, 0.6) is 5.88 Å². The molecule has 0 bridgehead atoms. The Bertz CT molecular complexity index is 1090. The monoisotopic (exact) mass is 482 g/mol. The van der Waals surface area contributed by atoms with E-state index in [1.165, 1.54) is 4.31 Å². The van der Waals surface area contributed by atoms with Gasteiger partial charge < -0.3 is 4.74 Å². The Labute approximate surface area is 190 Å². The molecule has 1 saturated carbocycles. The van der Waals surface area contributed by atoms with Crippen LogP contribution in [0.1, 0.15) is 42.9 Å². The number of alkyl halides is 3. The molecule has 3 fully saturated rings. The van der Waals surface area contributed by atoms with Crippen molar-refractivity contribution in [3.8, 4) is 5.88 Å². The van der Waals surface area contributed by atoms with Gasteiger partial charge in [0.25, 0.3) is 0 Å². The zero-order valence-electron chi connectivity index (χ0n) is 17.9. The molecule has 2 unspecified atom stereocenters. The van der Waals surface area contributed by atoms with Crippen molar-refractivity contribution in [2.45, 2.75) is 54.8 Å². The molecule has 0 N–H and O–H groups in total. The number of fused-ring (bicyclic) bond motifs is 1. The lowest BCUT2D eigenvalue weighted by Gasteiger charge is -2.25. The summed E-state index contributed by atoms with van der Waals surface area (Å²) in [4.78, 5) is 10.9. The van der Waals surface area contributed by atoms with Crippen LogP contribution < -0.4 is 4.74 Å². The van der Waals surface area contributed by atoms with Gasteiger partial charge in [0.05, 0.1) is 28.5 Å². The van der Waals surface area contributed by atoms with Crippen molar-refractivity contribution in [1.29, 1.82) is 0 Å². The van der Waals surface area contributed by atoms with Crippen molar-refractivity contribution >= 4 is 10.0 Å². The van der Waals surface area contributed by atoms with E-state index in [1.54, 1.807) is 12.4 Å². The standard InChI is InChI=1S/C22H25F3N4O3S/c23-22(24,25)16-4-6-19(7-5-16)33(30,31)29-9-1-8-28-14-18(10-17(28)13-29)32-21-12-26-20(11-27-21)15-2-3-15/h4-7,11-12,15,17-18H,1-3,8-10,13-14H2. The summed E-state index contributed by atoms with van der Waals surface area (Å²) in [7, 11) is -3.89. The van der Waals surface area contributed by atoms with Gasteiger partial charge in [0, 0.05) is 38.0 Å². The number of benzene rings is 1. The quantitative estimate of drug-likeness (QED) is 0.651. The number of rotatable bonds is 5. The van der Waals surface area contributed by atoms with Crippen molar-refractivity contribution in [3.05, 3.63) is 47.9 Å². The molecule has 1 aliphatic carbocycles. The highest BCUT2D eigenvalue weighted by Crippen LogP contribution is 2.38. The van der Waals surface area contributed by atoms with Crippen LogP contribution in [0.4, 0.5) is 13.2 Å². The maximum atomic E-state index is 13.1. The molecule has 1 aromatic carbocycles. The van der Waals surface area contributed by atoms with E-state index < -0.39 is 21.8 Å². The first-order valence-corrected chi connectivity index (χ1v) is 12.5. The number of ether oxygens (including phenoxy) is 1. The molecule has 2 aromatic rings. The van der Waals surface area contributed by atoms with Crippen LogP contribution in [0, 0.1) is 0 Å². The molecule has 2 aliphatic heterocycles. The first kappa shape index (κ1) is 22.5. The van der Waals surface area contributed by atoms with E-state index in [1.807, 2.05) is 0 Å². The van der Waals surface area contributed by atoms with Crippen LogP contribution in [0.2, 0.25) is 0 Å². The van der Waals surface area contributed by atoms with Gasteiger partial charge in [-0.3, -0.25) is 9.88 Å². The average Bonchev–Trinajstić information content (AvgIpc) is 3.59. The Morgan fingerprint density at radius 2 is 1.76 bits per heavy atom. The molecule has 7 nitrogen and oxygen atoms in total. The molecule has 1 aromatic heterocycles. The number of nitrogens with zero attached hydrogens (tertiary/aromatic N) is 4. The SMILES string of the molecule is O=S(=O)(c1ccc(C(F)(F)F)cc1)N1CCCN2CC(Oc3cnc(C4CC4)cn3)CC2C1. The van der Waals surface area contributed by atoms with E-state index in [4.69, 9.17) is 4.74 Å². The van der Waals surface area contributed by atoms with Gasteiger partial charge in [-0.1, -0.05) is 0 Å². The van der Waals surface area contributed by atoms with Crippen LogP contribution in [0.3, 0.4) is 0 Å². The van der Waals surface area contributed by atoms with Crippen LogP contribution in [-0.2, 0) is 16.2 Å². The second-order valence-corrected chi connectivity index (χ2v) is 10.9. The summed E-state index contributed by atoms with van der Waals surface area (Å²) in [5, 5.41) is 0. The first-order valence-electron chi connectivity index (χ1n) is 11.1. The number of aromatic nitrogens is 2. The smallest absolute Gasteiger partial charge is 0.416 e. The minimum Gasteiger partial charge on any atom is -0.472 e. The Kier molecular flexibility index (Phi) is 5.82. The Balaban J connectivity index is 1.25. The molecule has 2 atom stereocenters. The third kappa shape index (κ3) is 4.85. The predicted octanol–water partition coefficient (Wildman–Crippen LogP) is 3.29. The van der Waals surface area contributed by atoms with E-state index in [0.29, 0.717) is 37.7 Å². The highest BCUT2D eigenvalue weighted by atomic mass is 32.2. The lowest BCUT2D eigenvalue weighted by molar-refractivity contribution is -0.137. The van der Waals surface area contributed by atoms with E-state index in [2.05, 4.69) is 14.9 Å². The predicted molar refractivity (Wildman–Crippen MR) is 113 cm³/mol. The van der Waals surface area contributed by atoms with Crippen LogP contribution >= 0.6 is 0 Å². The molecular formula is C22H25F3N4O3S. The largest absolute Gasteiger partial charge is 0.472 e. The molecule has 0 spiro atoms. The zero-order valence-corrected chi connectivity index (χ0v) is 18.7. The third-order valence-electron chi connectivity index (χ3n) is 6.51. The maximum absolute atomic E-state index is 13.1. The van der Waals surface area contributed by atoms with Crippen LogP contribution in [0.15, 0.2) is 41.6 Å². The van der Waals surface area contributed by atoms with Gasteiger partial charge in [0.15, 0.2) is 0 Å². The van der Waals surface area contributed by atoms with Gasteiger partial charge >= 0.3 is 6.18 Å². The summed E-state index contributed by atoms with van der Waals surface area (Å²) in [5.74, 6) is 0.990. The molecular weight excluding hydrogens is 457 g/mol. The van der Waals surface area contributed by atoms with Gasteiger partial charge in [-0.15, -0.1) is 0 Å². The van der Waals surface area contributed by atoms with E-state index in [9.17, 15) is 21.6 Å². The first-order chi connectivity index (χ1) is 15.7. The van der Waals surface area contributed by atoms with Crippen LogP contribution in [0.25, 0.3) is 0 Å². The summed E-state index contributed by atoms with van der Waals surface area (Å²) in [6.45, 7) is 2.01. The number of sulfonamides is 1. The fourth-order valence-corrected chi connectivity index (χ4v) is 6.11. The molecule has 3 aliphatic rings. The summed E-state index contributed by atoms with van der Waals surface area (Å²) in [6, 6.07) is 3.66. The maximum Gasteiger partial charge on any atom is 0.416 e. The molecule has 0 amide bonds. The lowest BCUT2D eigenvalue weighted by atomic mass is 10.2. The Morgan fingerprint density at radius 1 is 1.00 bits per heavy atom. The lowest BCUT2D eigenvalue weighted by Crippen LogP contribution is -2.39. The minimum atomic E-state index is -4.51. The summed E-state index contributed by atoms with van der Waals surface area (Å²) < 4.78 is 72.2. The molecule has 0 radical (unpaired) electrons. The zero-order chi connectivity index (χ0) is 23.2. The topological polar surface area (TPSA) is 75.6 Å². The molecule has 5 rings (SSSR count). The van der Waals surface area contributed by atoms with Crippen LogP contribution in [-0.4, -0.2) is 65.9 Å². The fraction of sp³-hybridized carbons (Fsp3) is 0.545. The molecule has 178 valence electrons. The van der Waals surface area contributed by atoms with Gasteiger partial charge in [-0.25, -0.2) is 13.4 Å². The summed E-state index contributed by atoms with van der Waals surface area (Å²) >= 11 is 0. The van der Waals surface area contributed by atoms with Gasteiger partial charge in [-0.2, -0.15) is 17.5 Å². The molecule has 2 saturated heterocycles. The van der Waals surface area contributed by atoms with E-state index >= 15 is 0 Å². The molecule has 11 heteroatoms. The van der Waals surface area contributed by atoms with Crippen molar-refractivity contribution in [1.82, 2.24) is 19.2 Å². The number of halogens is 3. The van der Waals surface area contributed by atoms with Gasteiger partial charge in [-0.05, 0) is 50.1 Å². The van der Waals surface area contributed by atoms with Crippen molar-refractivity contribution in [3.63, 3.8) is 0 Å². The number of hydrogen-bond donors (Lipinski definition) is 0. The fourth-order valence-electron chi connectivity index (χ4n) is 4.59. The van der Waals surface area contributed by atoms with Crippen molar-refractivity contribution in [2.24, 2.45) is 0 Å². The summed E-state index contributed by atoms with van der Waals surface area (Å²) in [6.07, 6.45) is 2.37. The van der Waals surface area contributed by atoms with Gasteiger partial charge in [0.1, 0.15) is 6.10 Å². The van der Waals surface area contributed by atoms with Crippen molar-refractivity contribution in [2.75, 3.05) is 26.2 Å². The normalized spacial score (nSPS) is 24.9. The van der Waals surface area contributed by atoms with Gasteiger partial charge in [0.2, 0.25) is 15.9 Å². The third-order valence-corrected chi connectivity index (χ3v) is 8.39. The number of hydrogen-bond acceptors (Lipinski definition) is 6. The van der Waals surface area contributed by atoms with Crippen molar-refractivity contribution < 1.29 is 26.3 Å². The minimum absolute atomic E-state index is 0.0274. The average molecular weight is 483 g/mol. The molecule has 3 heterocycles. The summed E-state index contributed by atoms with van der Waals surface area (Å²) in [5.41, 5.74) is 0.124. The Morgan fingerprint density at radius 3 is 2.39 bits per heavy atom. The highest BCUT2D eigenvalue weighted by Gasteiger charge is 2.39. The Hall–Kier alpha value is -2.24. The molecule has 33 heavy (non-hydrogen) atoms. The highest BCUT2D eigenvalue weighted by molar-refractivity contribution is 7.89. The van der Waals surface area contributed by atoms with E-state index in [-0.39, 0.29) is 23.6 Å². The second kappa shape index (κ2) is 8.52. The van der Waals surface area contributed by atoms with E-state index in [0.717, 1.165) is 49.3 Å². The second-order valence-electron chi connectivity index (χ2n) is 8.92.